The van der Waals surface area contributed by atoms with E-state index in [-0.39, 0.29) is 5.91 Å². The number of likely N-dealkylation sites (tertiary alicyclic amines) is 1. The molecule has 1 fully saturated rings. The number of hydrogen-bond acceptors (Lipinski definition) is 2. The molecule has 1 rings (SSSR count). The molecule has 0 aromatic carbocycles. The first-order chi connectivity index (χ1) is 10.0. The first-order valence-corrected chi connectivity index (χ1v) is 8.32. The Labute approximate surface area is 129 Å². The van der Waals surface area contributed by atoms with E-state index in [1.165, 1.54) is 6.42 Å². The van der Waals surface area contributed by atoms with E-state index in [1.54, 1.807) is 0 Å². The molecule has 5 nitrogen and oxygen atoms in total. The van der Waals surface area contributed by atoms with Gasteiger partial charge in [-0.3, -0.25) is 9.79 Å². The summed E-state index contributed by atoms with van der Waals surface area (Å²) in [5.74, 6) is 2.25. The summed E-state index contributed by atoms with van der Waals surface area (Å²) in [6.07, 6.45) is 2.92. The molecule has 122 valence electrons. The minimum absolute atomic E-state index is 0.258. The Bertz CT molecular complexity index is 341. The normalized spacial score (nSPS) is 19.8. The van der Waals surface area contributed by atoms with Gasteiger partial charge in [-0.1, -0.05) is 20.8 Å². The third-order valence-corrected chi connectivity index (χ3v) is 3.60. The molecule has 0 aliphatic carbocycles. The molecule has 0 aromatic rings. The summed E-state index contributed by atoms with van der Waals surface area (Å²) in [5.41, 5.74) is 0. The highest BCUT2D eigenvalue weighted by atomic mass is 16.2. The van der Waals surface area contributed by atoms with Crippen LogP contribution < -0.4 is 10.6 Å². The van der Waals surface area contributed by atoms with Crippen LogP contribution in [0.4, 0.5) is 0 Å². The number of nitrogens with zero attached hydrogens (tertiary/aromatic N) is 2. The molecule has 0 spiro atoms. The zero-order valence-corrected chi connectivity index (χ0v) is 14.1. The van der Waals surface area contributed by atoms with E-state index in [0.29, 0.717) is 24.8 Å². The van der Waals surface area contributed by atoms with Crippen molar-refractivity contribution in [2.75, 3.05) is 32.7 Å². The van der Waals surface area contributed by atoms with Gasteiger partial charge in [0, 0.05) is 39.1 Å². The number of rotatable bonds is 6. The lowest BCUT2D eigenvalue weighted by molar-refractivity contribution is -0.132. The third kappa shape index (κ3) is 7.34. The van der Waals surface area contributed by atoms with Crippen LogP contribution in [0.3, 0.4) is 0 Å². The Hall–Kier alpha value is -1.26. The molecule has 1 saturated heterocycles. The van der Waals surface area contributed by atoms with Crippen molar-refractivity contribution < 1.29 is 4.79 Å². The van der Waals surface area contributed by atoms with Crippen LogP contribution in [-0.2, 0) is 4.79 Å². The molecule has 2 N–H and O–H groups in total. The second kappa shape index (κ2) is 9.64. The molecule has 21 heavy (non-hydrogen) atoms. The fraction of sp³-hybridized carbons (Fsp3) is 0.875. The van der Waals surface area contributed by atoms with Crippen LogP contribution in [-0.4, -0.2) is 49.5 Å². The van der Waals surface area contributed by atoms with Crippen LogP contribution in [0.5, 0.6) is 0 Å². The lowest BCUT2D eigenvalue weighted by Crippen LogP contribution is -2.42. The van der Waals surface area contributed by atoms with Crippen LogP contribution in [0.25, 0.3) is 0 Å². The number of carbonyl (C=O) groups is 1. The Balaban J connectivity index is 2.32. The smallest absolute Gasteiger partial charge is 0.224 e. The maximum absolute atomic E-state index is 12.2. The summed E-state index contributed by atoms with van der Waals surface area (Å²) in [6.45, 7) is 12.7. The van der Waals surface area contributed by atoms with Gasteiger partial charge in [0.2, 0.25) is 5.91 Å². The molecule has 0 radical (unpaired) electrons. The minimum Gasteiger partial charge on any atom is -0.357 e. The summed E-state index contributed by atoms with van der Waals surface area (Å²) in [7, 11) is 0. The maximum atomic E-state index is 12.2. The Morgan fingerprint density at radius 1 is 1.38 bits per heavy atom. The number of hydrogen-bond donors (Lipinski definition) is 2. The summed E-state index contributed by atoms with van der Waals surface area (Å²) in [5, 5.41) is 6.46. The molecule has 0 aromatic heterocycles. The quantitative estimate of drug-likeness (QED) is 0.581. The van der Waals surface area contributed by atoms with Gasteiger partial charge < -0.3 is 15.5 Å². The monoisotopic (exact) mass is 296 g/mol. The van der Waals surface area contributed by atoms with Crippen molar-refractivity contribution in [3.63, 3.8) is 0 Å². The van der Waals surface area contributed by atoms with E-state index in [1.807, 2.05) is 11.8 Å². The number of amides is 1. The van der Waals surface area contributed by atoms with Crippen molar-refractivity contribution in [2.24, 2.45) is 16.8 Å². The van der Waals surface area contributed by atoms with E-state index in [0.717, 1.165) is 38.6 Å². The summed E-state index contributed by atoms with van der Waals surface area (Å²) >= 11 is 0. The van der Waals surface area contributed by atoms with E-state index >= 15 is 0 Å². The standard InChI is InChI=1S/C16H32N4O/c1-5-17-16(19-11-13(2)3)18-9-8-15(21)20-10-6-7-14(4)12-20/h13-14H,5-12H2,1-4H3,(H2,17,18,19). The topological polar surface area (TPSA) is 56.7 Å². The van der Waals surface area contributed by atoms with Gasteiger partial charge in [0.05, 0.1) is 0 Å². The first kappa shape index (κ1) is 17.8. The van der Waals surface area contributed by atoms with E-state index in [9.17, 15) is 4.79 Å². The average molecular weight is 296 g/mol. The van der Waals surface area contributed by atoms with Gasteiger partial charge in [0.15, 0.2) is 5.96 Å². The van der Waals surface area contributed by atoms with Crippen molar-refractivity contribution in [1.82, 2.24) is 15.5 Å². The lowest BCUT2D eigenvalue weighted by atomic mass is 10.00. The maximum Gasteiger partial charge on any atom is 0.224 e. The fourth-order valence-corrected chi connectivity index (χ4v) is 2.48. The highest BCUT2D eigenvalue weighted by Gasteiger charge is 2.20. The zero-order chi connectivity index (χ0) is 15.7. The highest BCUT2D eigenvalue weighted by molar-refractivity contribution is 5.81. The average Bonchev–Trinajstić information content (AvgIpc) is 2.44. The van der Waals surface area contributed by atoms with E-state index in [4.69, 9.17) is 0 Å². The minimum atomic E-state index is 0.258. The highest BCUT2D eigenvalue weighted by Crippen LogP contribution is 2.15. The predicted molar refractivity (Wildman–Crippen MR) is 88.4 cm³/mol. The van der Waals surface area contributed by atoms with Crippen LogP contribution in [0, 0.1) is 11.8 Å². The number of piperidine rings is 1. The van der Waals surface area contributed by atoms with E-state index in [2.05, 4.69) is 36.4 Å². The number of guanidine groups is 1. The molecular weight excluding hydrogens is 264 g/mol. The molecule has 1 heterocycles. The Kier molecular flexibility index (Phi) is 8.16. The van der Waals surface area contributed by atoms with Crippen molar-refractivity contribution in [3.05, 3.63) is 0 Å². The number of nitrogens with one attached hydrogen (secondary N) is 2. The van der Waals surface area contributed by atoms with Gasteiger partial charge in [-0.2, -0.15) is 0 Å². The molecule has 1 unspecified atom stereocenters. The molecule has 1 atom stereocenters. The largest absolute Gasteiger partial charge is 0.357 e. The van der Waals surface area contributed by atoms with Gasteiger partial charge in [0.25, 0.3) is 0 Å². The van der Waals surface area contributed by atoms with Gasteiger partial charge in [-0.05, 0) is 31.6 Å². The second-order valence-corrected chi connectivity index (χ2v) is 6.38. The van der Waals surface area contributed by atoms with Crippen LogP contribution in [0.1, 0.15) is 47.0 Å². The first-order valence-electron chi connectivity index (χ1n) is 8.32. The molecule has 0 saturated carbocycles. The van der Waals surface area contributed by atoms with Gasteiger partial charge in [-0.25, -0.2) is 0 Å². The second-order valence-electron chi connectivity index (χ2n) is 6.38. The van der Waals surface area contributed by atoms with E-state index < -0.39 is 0 Å². The number of carbonyl (C=O) groups excluding carboxylic acids is 1. The molecule has 0 bridgehead atoms. The van der Waals surface area contributed by atoms with Crippen LogP contribution >= 0.6 is 0 Å². The van der Waals surface area contributed by atoms with Crippen molar-refractivity contribution in [1.29, 1.82) is 0 Å². The van der Waals surface area contributed by atoms with Gasteiger partial charge >= 0.3 is 0 Å². The van der Waals surface area contributed by atoms with Crippen molar-refractivity contribution in [3.8, 4) is 0 Å². The van der Waals surface area contributed by atoms with Gasteiger partial charge in [-0.15, -0.1) is 0 Å². The lowest BCUT2D eigenvalue weighted by Gasteiger charge is -2.31. The van der Waals surface area contributed by atoms with Gasteiger partial charge in [0.1, 0.15) is 0 Å². The molecule has 5 heteroatoms. The molecule has 1 aliphatic rings. The molecule has 1 amide bonds. The third-order valence-electron chi connectivity index (χ3n) is 3.60. The van der Waals surface area contributed by atoms with Crippen molar-refractivity contribution in [2.45, 2.75) is 47.0 Å². The summed E-state index contributed by atoms with van der Waals surface area (Å²) < 4.78 is 0. The van der Waals surface area contributed by atoms with Crippen LogP contribution in [0.15, 0.2) is 4.99 Å². The Morgan fingerprint density at radius 3 is 2.76 bits per heavy atom. The predicted octanol–water partition coefficient (Wildman–Crippen LogP) is 1.85. The zero-order valence-electron chi connectivity index (χ0n) is 14.1. The molecular formula is C16H32N4O. The molecule has 1 aliphatic heterocycles. The Morgan fingerprint density at radius 2 is 2.14 bits per heavy atom. The van der Waals surface area contributed by atoms with Crippen LogP contribution in [0.2, 0.25) is 0 Å². The fourth-order valence-electron chi connectivity index (χ4n) is 2.48. The summed E-state index contributed by atoms with van der Waals surface area (Å²) in [6, 6.07) is 0. The number of aliphatic imine (C=N–C) groups is 1. The SMILES string of the molecule is CCNC(=NCC(C)C)NCCC(=O)N1CCCC(C)C1. The van der Waals surface area contributed by atoms with Crippen molar-refractivity contribution >= 4 is 11.9 Å². The summed E-state index contributed by atoms with van der Waals surface area (Å²) in [4.78, 5) is 18.7.